The molecule has 0 radical (unpaired) electrons. The SMILES string of the molecule is Nc1c(F)cc(F)cc1C(=O)N1CCC(N2CCC(C3(c4ccc(S(=O)(=O)c5cccc(Cl)c5)cc4)OCCO3)CC2)CC1. The van der Waals surface area contributed by atoms with E-state index in [2.05, 4.69) is 4.90 Å². The summed E-state index contributed by atoms with van der Waals surface area (Å²) < 4.78 is 66.5. The van der Waals surface area contributed by atoms with Crippen molar-refractivity contribution in [2.45, 2.75) is 47.3 Å². The molecule has 6 rings (SSSR count). The van der Waals surface area contributed by atoms with Crippen LogP contribution in [0.25, 0.3) is 0 Å². The average molecular weight is 646 g/mol. The Labute approximate surface area is 260 Å². The highest BCUT2D eigenvalue weighted by atomic mass is 35.5. The van der Waals surface area contributed by atoms with E-state index in [0.29, 0.717) is 37.4 Å². The summed E-state index contributed by atoms with van der Waals surface area (Å²) in [5.41, 5.74) is 6.05. The smallest absolute Gasteiger partial charge is 0.256 e. The van der Waals surface area contributed by atoms with Gasteiger partial charge < -0.3 is 25.0 Å². The lowest BCUT2D eigenvalue weighted by molar-refractivity contribution is -0.215. The van der Waals surface area contributed by atoms with Gasteiger partial charge in [-0.3, -0.25) is 4.79 Å². The number of ether oxygens (including phenoxy) is 2. The molecule has 3 aromatic carbocycles. The molecule has 44 heavy (non-hydrogen) atoms. The van der Waals surface area contributed by atoms with E-state index in [1.165, 1.54) is 12.1 Å². The van der Waals surface area contributed by atoms with Gasteiger partial charge >= 0.3 is 0 Å². The number of benzene rings is 3. The molecule has 0 aromatic heterocycles. The summed E-state index contributed by atoms with van der Waals surface area (Å²) in [6.45, 7) is 3.50. The molecule has 3 heterocycles. The fraction of sp³-hybridized carbons (Fsp3) is 0.406. The van der Waals surface area contributed by atoms with Crippen LogP contribution in [-0.4, -0.2) is 69.6 Å². The minimum Gasteiger partial charge on any atom is -0.396 e. The lowest BCUT2D eigenvalue weighted by Crippen LogP contribution is -2.51. The van der Waals surface area contributed by atoms with E-state index in [4.69, 9.17) is 26.8 Å². The first-order valence-electron chi connectivity index (χ1n) is 14.8. The molecule has 0 bridgehead atoms. The lowest BCUT2D eigenvalue weighted by atomic mass is 9.83. The highest BCUT2D eigenvalue weighted by Gasteiger charge is 2.47. The van der Waals surface area contributed by atoms with Gasteiger partial charge in [-0.05, 0) is 75.2 Å². The molecule has 1 amide bonds. The molecule has 8 nitrogen and oxygen atoms in total. The van der Waals surface area contributed by atoms with Crippen LogP contribution in [0.4, 0.5) is 14.5 Å². The third-order valence-corrected chi connectivity index (χ3v) is 11.1. The fourth-order valence-electron chi connectivity index (χ4n) is 6.71. The van der Waals surface area contributed by atoms with Gasteiger partial charge in [-0.25, -0.2) is 17.2 Å². The van der Waals surface area contributed by atoms with Gasteiger partial charge in [-0.2, -0.15) is 0 Å². The third kappa shape index (κ3) is 5.83. The molecule has 3 saturated heterocycles. The molecule has 3 aliphatic rings. The Morgan fingerprint density at radius 1 is 0.886 bits per heavy atom. The predicted molar refractivity (Wildman–Crippen MR) is 161 cm³/mol. The summed E-state index contributed by atoms with van der Waals surface area (Å²) in [6, 6.07) is 14.9. The maximum Gasteiger partial charge on any atom is 0.256 e. The van der Waals surface area contributed by atoms with E-state index in [1.54, 1.807) is 41.3 Å². The Morgan fingerprint density at radius 3 is 2.18 bits per heavy atom. The summed E-state index contributed by atoms with van der Waals surface area (Å²) in [6.07, 6.45) is 3.13. The van der Waals surface area contributed by atoms with E-state index in [1.807, 2.05) is 0 Å². The molecule has 0 saturated carbocycles. The zero-order chi connectivity index (χ0) is 31.1. The first-order chi connectivity index (χ1) is 21.1. The summed E-state index contributed by atoms with van der Waals surface area (Å²) in [7, 11) is -3.73. The number of anilines is 1. The van der Waals surface area contributed by atoms with Crippen molar-refractivity contribution in [3.05, 3.63) is 88.4 Å². The van der Waals surface area contributed by atoms with Gasteiger partial charge in [-0.1, -0.05) is 29.8 Å². The molecular formula is C32H34ClF2N3O5S. The number of nitrogens with zero attached hydrogens (tertiary/aromatic N) is 2. The van der Waals surface area contributed by atoms with Crippen molar-refractivity contribution in [2.75, 3.05) is 45.1 Å². The van der Waals surface area contributed by atoms with Crippen molar-refractivity contribution in [3.63, 3.8) is 0 Å². The Morgan fingerprint density at radius 2 is 1.55 bits per heavy atom. The first kappa shape index (κ1) is 30.9. The molecule has 234 valence electrons. The highest BCUT2D eigenvalue weighted by Crippen LogP contribution is 2.44. The van der Waals surface area contributed by atoms with Crippen LogP contribution in [0.2, 0.25) is 5.02 Å². The Balaban J connectivity index is 1.09. The number of rotatable bonds is 6. The standard InChI is InChI=1S/C32H34ClF2N3O5S/c33-23-2-1-3-27(18-23)44(40,41)26-6-4-21(5-7-26)32(42-16-17-43-32)22-8-12-37(13-9-22)25-10-14-38(15-11-25)31(39)28-19-24(34)20-29(35)30(28)36/h1-7,18-20,22,25H,8-17,36H2. The Bertz CT molecular complexity index is 1630. The zero-order valence-corrected chi connectivity index (χ0v) is 25.6. The first-order valence-corrected chi connectivity index (χ1v) is 16.6. The van der Waals surface area contributed by atoms with Crippen molar-refractivity contribution < 1.29 is 31.5 Å². The van der Waals surface area contributed by atoms with Gasteiger partial charge in [0.1, 0.15) is 11.6 Å². The van der Waals surface area contributed by atoms with Gasteiger partial charge in [0.05, 0.1) is 34.3 Å². The number of hydrogen-bond acceptors (Lipinski definition) is 7. The van der Waals surface area contributed by atoms with Crippen molar-refractivity contribution in [2.24, 2.45) is 5.92 Å². The van der Waals surface area contributed by atoms with Crippen LogP contribution in [0.15, 0.2) is 70.5 Å². The number of sulfone groups is 1. The normalized spacial score (nSPS) is 20.2. The van der Waals surface area contributed by atoms with Gasteiger partial charge in [-0.15, -0.1) is 0 Å². The third-order valence-electron chi connectivity index (χ3n) is 9.05. The number of nitrogens with two attached hydrogens (primary N) is 1. The molecule has 0 atom stereocenters. The molecule has 12 heteroatoms. The van der Waals surface area contributed by atoms with Gasteiger partial charge in [0.25, 0.3) is 5.91 Å². The molecule has 0 aliphatic carbocycles. The van der Waals surface area contributed by atoms with Crippen LogP contribution < -0.4 is 5.73 Å². The molecule has 3 aromatic rings. The van der Waals surface area contributed by atoms with Crippen LogP contribution in [0, 0.1) is 17.6 Å². The summed E-state index contributed by atoms with van der Waals surface area (Å²) >= 11 is 6.03. The van der Waals surface area contributed by atoms with E-state index in [9.17, 15) is 22.0 Å². The van der Waals surface area contributed by atoms with E-state index < -0.39 is 33.2 Å². The minimum atomic E-state index is -3.73. The van der Waals surface area contributed by atoms with Crippen molar-refractivity contribution >= 4 is 33.0 Å². The number of carbonyl (C=O) groups excluding carboxylic acids is 1. The largest absolute Gasteiger partial charge is 0.396 e. The number of carbonyl (C=O) groups is 1. The number of halogens is 3. The van der Waals surface area contributed by atoms with E-state index in [-0.39, 0.29) is 33.0 Å². The monoisotopic (exact) mass is 645 g/mol. The van der Waals surface area contributed by atoms with E-state index >= 15 is 0 Å². The van der Waals surface area contributed by atoms with Crippen LogP contribution in [0.1, 0.15) is 41.6 Å². The maximum absolute atomic E-state index is 13.9. The summed E-state index contributed by atoms with van der Waals surface area (Å²) in [5, 5.41) is 0.352. The number of nitrogen functional groups attached to an aromatic ring is 1. The average Bonchev–Trinajstić information content (AvgIpc) is 3.54. The quantitative estimate of drug-likeness (QED) is 0.366. The number of amides is 1. The lowest BCUT2D eigenvalue weighted by Gasteiger charge is -2.45. The van der Waals surface area contributed by atoms with Crippen LogP contribution in [0.5, 0.6) is 0 Å². The second kappa shape index (κ2) is 12.4. The Hall–Kier alpha value is -3.09. The minimum absolute atomic E-state index is 0.0733. The molecule has 3 fully saturated rings. The van der Waals surface area contributed by atoms with Gasteiger partial charge in [0.2, 0.25) is 9.84 Å². The van der Waals surface area contributed by atoms with Crippen LogP contribution >= 0.6 is 11.6 Å². The maximum atomic E-state index is 13.9. The topological polar surface area (TPSA) is 102 Å². The highest BCUT2D eigenvalue weighted by molar-refractivity contribution is 7.91. The molecular weight excluding hydrogens is 612 g/mol. The molecule has 0 spiro atoms. The Kier molecular flexibility index (Phi) is 8.69. The van der Waals surface area contributed by atoms with Gasteiger partial charge in [0, 0.05) is 41.7 Å². The van der Waals surface area contributed by atoms with Crippen LogP contribution in [0.3, 0.4) is 0 Å². The molecule has 2 N–H and O–H groups in total. The predicted octanol–water partition coefficient (Wildman–Crippen LogP) is 5.25. The fourth-order valence-corrected chi connectivity index (χ4v) is 8.28. The van der Waals surface area contributed by atoms with Crippen molar-refractivity contribution in [1.29, 1.82) is 0 Å². The number of hydrogen-bond donors (Lipinski definition) is 1. The number of piperidine rings is 2. The van der Waals surface area contributed by atoms with E-state index in [0.717, 1.165) is 50.4 Å². The zero-order valence-electron chi connectivity index (χ0n) is 24.1. The summed E-state index contributed by atoms with van der Waals surface area (Å²) in [4.78, 5) is 17.3. The number of likely N-dealkylation sites (tertiary alicyclic amines) is 2. The molecule has 3 aliphatic heterocycles. The van der Waals surface area contributed by atoms with Gasteiger partial charge in [0.15, 0.2) is 5.79 Å². The summed E-state index contributed by atoms with van der Waals surface area (Å²) in [5.74, 6) is -3.09. The van der Waals surface area contributed by atoms with Crippen molar-refractivity contribution in [1.82, 2.24) is 9.80 Å². The second-order valence-corrected chi connectivity index (χ2v) is 13.9. The molecule has 0 unspecified atom stereocenters. The van der Waals surface area contributed by atoms with Crippen molar-refractivity contribution in [3.8, 4) is 0 Å². The second-order valence-electron chi connectivity index (χ2n) is 11.5. The van der Waals surface area contributed by atoms with Crippen LogP contribution in [-0.2, 0) is 25.1 Å².